The third-order valence-corrected chi connectivity index (χ3v) is 7.10. The van der Waals surface area contributed by atoms with Crippen LogP contribution in [0.4, 0.5) is 11.8 Å². The van der Waals surface area contributed by atoms with Gasteiger partial charge >= 0.3 is 0 Å². The minimum absolute atomic E-state index is 0.455. The van der Waals surface area contributed by atoms with E-state index in [0.29, 0.717) is 6.04 Å². The number of fused-ring (bicyclic) bond motifs is 1. The van der Waals surface area contributed by atoms with Crippen LogP contribution in [-0.4, -0.2) is 35.6 Å². The Balaban J connectivity index is 1.49. The van der Waals surface area contributed by atoms with Crippen LogP contribution in [0.2, 0.25) is 0 Å². The molecule has 3 N–H and O–H groups in total. The Morgan fingerprint density at radius 2 is 1.97 bits per heavy atom. The summed E-state index contributed by atoms with van der Waals surface area (Å²) in [7, 11) is 0. The Bertz CT molecular complexity index is 911. The van der Waals surface area contributed by atoms with Gasteiger partial charge in [0.2, 0.25) is 5.95 Å². The van der Waals surface area contributed by atoms with Gasteiger partial charge in [-0.3, -0.25) is 0 Å². The van der Waals surface area contributed by atoms with Crippen LogP contribution in [-0.2, 0) is 0 Å². The molecular formula is C25H35N5. The molecule has 1 aromatic heterocycles. The summed E-state index contributed by atoms with van der Waals surface area (Å²) in [5.74, 6) is 3.30. The summed E-state index contributed by atoms with van der Waals surface area (Å²) in [4.78, 5) is 10.00. The lowest BCUT2D eigenvalue weighted by Crippen LogP contribution is -2.21. The largest absolute Gasteiger partial charge is 0.367 e. The highest BCUT2D eigenvalue weighted by Gasteiger charge is 2.28. The van der Waals surface area contributed by atoms with Gasteiger partial charge in [0.25, 0.3) is 0 Å². The van der Waals surface area contributed by atoms with Crippen molar-refractivity contribution in [3.05, 3.63) is 29.8 Å². The third-order valence-electron chi connectivity index (χ3n) is 7.10. The molecule has 3 aliphatic rings. The van der Waals surface area contributed by atoms with Gasteiger partial charge in [-0.2, -0.15) is 4.98 Å². The molecule has 1 aromatic carbocycles. The van der Waals surface area contributed by atoms with Crippen molar-refractivity contribution >= 4 is 28.2 Å². The molecule has 2 aliphatic carbocycles. The quantitative estimate of drug-likeness (QED) is 0.590. The molecule has 0 bridgehead atoms. The van der Waals surface area contributed by atoms with E-state index in [-0.39, 0.29) is 0 Å². The average molecular weight is 406 g/mol. The maximum absolute atomic E-state index is 5.04. The molecule has 5 rings (SSSR count). The van der Waals surface area contributed by atoms with Gasteiger partial charge in [0, 0.05) is 30.1 Å². The van der Waals surface area contributed by atoms with Crippen molar-refractivity contribution in [2.45, 2.75) is 64.3 Å². The molecular weight excluding hydrogens is 370 g/mol. The fourth-order valence-corrected chi connectivity index (χ4v) is 5.02. The lowest BCUT2D eigenvalue weighted by Gasteiger charge is -2.23. The molecule has 2 heterocycles. The van der Waals surface area contributed by atoms with Crippen LogP contribution >= 0.6 is 0 Å². The van der Waals surface area contributed by atoms with Gasteiger partial charge in [-0.25, -0.2) is 4.98 Å². The molecule has 1 atom stereocenters. The lowest BCUT2D eigenvalue weighted by atomic mass is 9.89. The van der Waals surface area contributed by atoms with Gasteiger partial charge in [-0.1, -0.05) is 37.5 Å². The first kappa shape index (κ1) is 19.8. The van der Waals surface area contributed by atoms with Crippen LogP contribution in [0.3, 0.4) is 0 Å². The standard InChI is InChI=1S/C25H35N5/c1-17(19-10-11-19)28-24-22-9-5-8-21(20-12-14-26-15-13-20)23(22)29-25(30-24)27-16-18-6-3-2-4-7-18/h5,8-9,12,17-19,26H,2-4,6-7,10-11,13-16H2,1H3,(H2,27,28,29,30)/t17-/m1/s1. The van der Waals surface area contributed by atoms with E-state index in [4.69, 9.17) is 9.97 Å². The highest BCUT2D eigenvalue weighted by atomic mass is 15.2. The van der Waals surface area contributed by atoms with Gasteiger partial charge in [0.05, 0.1) is 5.52 Å². The normalized spacial score (nSPS) is 21.3. The van der Waals surface area contributed by atoms with Crippen molar-refractivity contribution in [1.29, 1.82) is 0 Å². The predicted molar refractivity (Wildman–Crippen MR) is 126 cm³/mol. The summed E-state index contributed by atoms with van der Waals surface area (Å²) in [5.41, 5.74) is 3.74. The highest BCUT2D eigenvalue weighted by molar-refractivity contribution is 5.97. The van der Waals surface area contributed by atoms with E-state index in [2.05, 4.69) is 47.1 Å². The molecule has 0 amide bonds. The van der Waals surface area contributed by atoms with E-state index < -0.39 is 0 Å². The Morgan fingerprint density at radius 1 is 1.10 bits per heavy atom. The van der Waals surface area contributed by atoms with E-state index in [0.717, 1.165) is 60.6 Å². The monoisotopic (exact) mass is 405 g/mol. The molecule has 2 fully saturated rings. The first-order valence-corrected chi connectivity index (χ1v) is 12.0. The van der Waals surface area contributed by atoms with Crippen LogP contribution in [0.1, 0.15) is 63.9 Å². The zero-order chi connectivity index (χ0) is 20.3. The molecule has 0 saturated heterocycles. The van der Waals surface area contributed by atoms with Gasteiger partial charge in [0.15, 0.2) is 0 Å². The molecule has 30 heavy (non-hydrogen) atoms. The number of hydrogen-bond acceptors (Lipinski definition) is 5. The summed E-state index contributed by atoms with van der Waals surface area (Å²) < 4.78 is 0. The maximum atomic E-state index is 5.04. The number of rotatable bonds is 7. The number of nitrogens with one attached hydrogen (secondary N) is 3. The van der Waals surface area contributed by atoms with Gasteiger partial charge in [-0.15, -0.1) is 0 Å². The summed E-state index contributed by atoms with van der Waals surface area (Å²) >= 11 is 0. The first-order valence-electron chi connectivity index (χ1n) is 12.0. The summed E-state index contributed by atoms with van der Waals surface area (Å²) in [6.45, 7) is 5.25. The van der Waals surface area contributed by atoms with Gasteiger partial charge in [0.1, 0.15) is 5.82 Å². The molecule has 1 aliphatic heterocycles. The van der Waals surface area contributed by atoms with Crippen molar-refractivity contribution < 1.29 is 0 Å². The summed E-state index contributed by atoms with van der Waals surface area (Å²) in [6, 6.07) is 7.02. The fourth-order valence-electron chi connectivity index (χ4n) is 5.02. The predicted octanol–water partition coefficient (Wildman–Crippen LogP) is 5.21. The number of aromatic nitrogens is 2. The summed E-state index contributed by atoms with van der Waals surface area (Å²) in [6.07, 6.45) is 12.8. The zero-order valence-corrected chi connectivity index (χ0v) is 18.2. The van der Waals surface area contributed by atoms with E-state index in [1.165, 1.54) is 56.1 Å². The SMILES string of the molecule is C[C@@H](Nc1nc(NCC2CCCCC2)nc2c(C3=CCNCC3)cccc12)C1CC1. The van der Waals surface area contributed by atoms with Crippen LogP contribution in [0.25, 0.3) is 16.5 Å². The Hall–Kier alpha value is -2.14. The van der Waals surface area contributed by atoms with Crippen molar-refractivity contribution in [3.8, 4) is 0 Å². The van der Waals surface area contributed by atoms with Crippen LogP contribution in [0, 0.1) is 11.8 Å². The molecule has 5 nitrogen and oxygen atoms in total. The number of anilines is 2. The molecule has 2 aromatic rings. The molecule has 2 saturated carbocycles. The smallest absolute Gasteiger partial charge is 0.225 e. The van der Waals surface area contributed by atoms with Crippen LogP contribution in [0.15, 0.2) is 24.3 Å². The van der Waals surface area contributed by atoms with Crippen molar-refractivity contribution in [1.82, 2.24) is 15.3 Å². The lowest BCUT2D eigenvalue weighted by molar-refractivity contribution is 0.373. The molecule has 0 spiro atoms. The van der Waals surface area contributed by atoms with E-state index in [1.807, 2.05) is 0 Å². The molecule has 0 radical (unpaired) electrons. The second kappa shape index (κ2) is 8.93. The molecule has 5 heteroatoms. The number of hydrogen-bond donors (Lipinski definition) is 3. The van der Waals surface area contributed by atoms with Gasteiger partial charge < -0.3 is 16.0 Å². The van der Waals surface area contributed by atoms with E-state index in [1.54, 1.807) is 0 Å². The second-order valence-electron chi connectivity index (χ2n) is 9.44. The first-order chi connectivity index (χ1) is 14.8. The van der Waals surface area contributed by atoms with E-state index in [9.17, 15) is 0 Å². The number of benzene rings is 1. The number of nitrogens with zero attached hydrogens (tertiary/aromatic N) is 2. The van der Waals surface area contributed by atoms with Crippen molar-refractivity contribution in [2.75, 3.05) is 30.3 Å². The van der Waals surface area contributed by atoms with Gasteiger partial charge in [-0.05, 0) is 69.0 Å². The Morgan fingerprint density at radius 3 is 2.73 bits per heavy atom. The molecule has 160 valence electrons. The minimum Gasteiger partial charge on any atom is -0.367 e. The van der Waals surface area contributed by atoms with Crippen molar-refractivity contribution in [3.63, 3.8) is 0 Å². The molecule has 0 unspecified atom stereocenters. The van der Waals surface area contributed by atoms with Crippen LogP contribution in [0.5, 0.6) is 0 Å². The maximum Gasteiger partial charge on any atom is 0.225 e. The Labute approximate surface area is 180 Å². The average Bonchev–Trinajstić information content (AvgIpc) is 3.64. The van der Waals surface area contributed by atoms with Crippen LogP contribution < -0.4 is 16.0 Å². The summed E-state index contributed by atoms with van der Waals surface area (Å²) in [5, 5.41) is 11.9. The highest BCUT2D eigenvalue weighted by Crippen LogP contribution is 2.36. The second-order valence-corrected chi connectivity index (χ2v) is 9.44. The zero-order valence-electron chi connectivity index (χ0n) is 18.2. The fraction of sp³-hybridized carbons (Fsp3) is 0.600. The Kier molecular flexibility index (Phi) is 5.89. The third kappa shape index (κ3) is 4.46. The minimum atomic E-state index is 0.455. The van der Waals surface area contributed by atoms with E-state index >= 15 is 0 Å². The topological polar surface area (TPSA) is 61.9 Å². The number of para-hydroxylation sites is 1. The van der Waals surface area contributed by atoms with Crippen molar-refractivity contribution in [2.24, 2.45) is 11.8 Å².